The lowest BCUT2D eigenvalue weighted by Gasteiger charge is -2.06. The summed E-state index contributed by atoms with van der Waals surface area (Å²) in [7, 11) is 0. The van der Waals surface area contributed by atoms with Crippen molar-refractivity contribution in [1.82, 2.24) is 15.0 Å². The molecule has 0 amide bonds. The van der Waals surface area contributed by atoms with E-state index in [4.69, 9.17) is 10.2 Å². The van der Waals surface area contributed by atoms with Gasteiger partial charge in [-0.3, -0.25) is 0 Å². The van der Waals surface area contributed by atoms with Gasteiger partial charge in [0.05, 0.1) is 22.4 Å². The van der Waals surface area contributed by atoms with Gasteiger partial charge >= 0.3 is 0 Å². The predicted octanol–water partition coefficient (Wildman–Crippen LogP) is 5.35. The molecule has 136 valence electrons. The van der Waals surface area contributed by atoms with Crippen LogP contribution in [0.5, 0.6) is 0 Å². The molecule has 0 fully saturated rings. The number of nitrogens with zero attached hydrogens (tertiary/aromatic N) is 3. The molecule has 0 bridgehead atoms. The molecule has 3 aromatic rings. The smallest absolute Gasteiger partial charge is 0.292 e. The summed E-state index contributed by atoms with van der Waals surface area (Å²) in [5.41, 5.74) is 11.9. The van der Waals surface area contributed by atoms with E-state index in [0.29, 0.717) is 5.69 Å². The fourth-order valence-corrected chi connectivity index (χ4v) is 2.34. The second kappa shape index (κ2) is 8.94. The summed E-state index contributed by atoms with van der Waals surface area (Å²) in [6.07, 6.45) is 8.70. The van der Waals surface area contributed by atoms with E-state index in [1.807, 2.05) is 57.2 Å². The number of aromatic nitrogens is 3. The van der Waals surface area contributed by atoms with Gasteiger partial charge in [0, 0.05) is 0 Å². The number of fused-ring (bicyclic) bond motifs is 1. The van der Waals surface area contributed by atoms with Crippen LogP contribution in [0, 0.1) is 13.8 Å². The predicted molar refractivity (Wildman–Crippen MR) is 109 cm³/mol. The number of nitrogens with two attached hydrogens (primary N) is 1. The molecule has 0 spiro atoms. The highest BCUT2D eigenvalue weighted by atomic mass is 16.4. The molecule has 26 heavy (non-hydrogen) atoms. The van der Waals surface area contributed by atoms with Gasteiger partial charge in [-0.15, -0.1) is 0 Å². The Bertz CT molecular complexity index is 938. The molecule has 5 heteroatoms. The summed E-state index contributed by atoms with van der Waals surface area (Å²) >= 11 is 0. The number of oxazole rings is 1. The number of rotatable bonds is 3. The van der Waals surface area contributed by atoms with E-state index in [9.17, 15) is 0 Å². The lowest BCUT2D eigenvalue weighted by molar-refractivity contribution is 0.580. The number of benzene rings is 1. The maximum absolute atomic E-state index is 5.53. The van der Waals surface area contributed by atoms with Gasteiger partial charge in [0.25, 0.3) is 6.01 Å². The molecule has 0 atom stereocenters. The lowest BCUT2D eigenvalue weighted by atomic mass is 10.0. The monoisotopic (exact) mass is 350 g/mol. The maximum atomic E-state index is 5.53. The molecule has 0 saturated heterocycles. The highest BCUT2D eigenvalue weighted by Gasteiger charge is 2.06. The lowest BCUT2D eigenvalue weighted by Crippen LogP contribution is -1.94. The second-order valence-corrected chi connectivity index (χ2v) is 6.02. The standard InChI is InChI=1S/C18H18N4O.C3H8/c1-4-5-13(8-15-10-23-18(19)22-15)14-6-7-16-17(9-14)21-12(3)11(2)20-16;1-3-2/h4-10H,1-3H3,(H2,19,22);3H2,1-2H3/b5-4-,13-8+;. The van der Waals surface area contributed by atoms with Crippen molar-refractivity contribution >= 4 is 28.7 Å². The Labute approximate surface area is 154 Å². The summed E-state index contributed by atoms with van der Waals surface area (Å²) in [6.45, 7) is 10.2. The second-order valence-electron chi connectivity index (χ2n) is 6.02. The van der Waals surface area contributed by atoms with E-state index in [0.717, 1.165) is 33.6 Å². The van der Waals surface area contributed by atoms with Gasteiger partial charge < -0.3 is 10.2 Å². The fraction of sp³-hybridized carbons (Fsp3) is 0.286. The van der Waals surface area contributed by atoms with E-state index in [-0.39, 0.29) is 6.01 Å². The highest BCUT2D eigenvalue weighted by molar-refractivity contribution is 5.90. The average molecular weight is 350 g/mol. The number of hydrogen-bond acceptors (Lipinski definition) is 5. The minimum absolute atomic E-state index is 0.159. The molecule has 2 aromatic heterocycles. The third-order valence-electron chi connectivity index (χ3n) is 3.60. The third-order valence-corrected chi connectivity index (χ3v) is 3.60. The first-order valence-corrected chi connectivity index (χ1v) is 8.79. The molecule has 0 aliphatic heterocycles. The Morgan fingerprint density at radius 3 is 2.31 bits per heavy atom. The van der Waals surface area contributed by atoms with Crippen LogP contribution in [0.4, 0.5) is 6.01 Å². The van der Waals surface area contributed by atoms with E-state index < -0.39 is 0 Å². The van der Waals surface area contributed by atoms with Gasteiger partial charge in [-0.25, -0.2) is 9.97 Å². The Hall–Kier alpha value is -2.95. The maximum Gasteiger partial charge on any atom is 0.292 e. The Kier molecular flexibility index (Phi) is 6.67. The van der Waals surface area contributed by atoms with Crippen molar-refractivity contribution in [2.75, 3.05) is 5.73 Å². The van der Waals surface area contributed by atoms with Gasteiger partial charge in [-0.1, -0.05) is 38.5 Å². The number of nitrogen functional groups attached to an aromatic ring is 1. The molecule has 1 aromatic carbocycles. The van der Waals surface area contributed by atoms with Crippen molar-refractivity contribution < 1.29 is 4.42 Å². The van der Waals surface area contributed by atoms with Crippen LogP contribution in [0.1, 0.15) is 49.8 Å². The topological polar surface area (TPSA) is 77.8 Å². The summed E-state index contributed by atoms with van der Waals surface area (Å²) < 4.78 is 5.05. The Balaban J connectivity index is 0.000000758. The van der Waals surface area contributed by atoms with Crippen LogP contribution in [0.3, 0.4) is 0 Å². The number of anilines is 1. The zero-order valence-electron chi connectivity index (χ0n) is 16.1. The van der Waals surface area contributed by atoms with E-state index in [1.54, 1.807) is 0 Å². The molecule has 0 aliphatic carbocycles. The molecule has 2 N–H and O–H groups in total. The molecule has 5 nitrogen and oxygen atoms in total. The minimum Gasteiger partial charge on any atom is -0.432 e. The molecule has 0 radical (unpaired) electrons. The summed E-state index contributed by atoms with van der Waals surface area (Å²) in [5.74, 6) is 0. The first-order valence-electron chi connectivity index (χ1n) is 8.79. The van der Waals surface area contributed by atoms with Gasteiger partial charge in [0.15, 0.2) is 0 Å². The molecule has 0 saturated carbocycles. The molecular weight excluding hydrogens is 324 g/mol. The summed E-state index contributed by atoms with van der Waals surface area (Å²) in [5, 5.41) is 0. The van der Waals surface area contributed by atoms with Gasteiger partial charge in [0.2, 0.25) is 0 Å². The molecule has 3 rings (SSSR count). The van der Waals surface area contributed by atoms with E-state index in [1.165, 1.54) is 12.7 Å². The third kappa shape index (κ3) is 4.79. The van der Waals surface area contributed by atoms with Crippen LogP contribution in [0.25, 0.3) is 22.7 Å². The SMILES string of the molecule is C/C=C\C(=C/c1coc(N)n1)c1ccc2nc(C)c(C)nc2c1.CCC. The number of allylic oxidation sites excluding steroid dienone is 3. The van der Waals surface area contributed by atoms with Crippen molar-refractivity contribution in [3.8, 4) is 0 Å². The van der Waals surface area contributed by atoms with Gasteiger partial charge in [-0.05, 0) is 50.1 Å². The molecule has 0 aliphatic rings. The van der Waals surface area contributed by atoms with Crippen molar-refractivity contribution in [3.05, 3.63) is 59.3 Å². The minimum atomic E-state index is 0.159. The first kappa shape index (κ1) is 19.4. The van der Waals surface area contributed by atoms with Gasteiger partial charge in [-0.2, -0.15) is 4.98 Å². The van der Waals surface area contributed by atoms with Crippen LogP contribution in [-0.2, 0) is 0 Å². The first-order chi connectivity index (χ1) is 12.5. The van der Waals surface area contributed by atoms with Crippen molar-refractivity contribution in [3.63, 3.8) is 0 Å². The largest absolute Gasteiger partial charge is 0.432 e. The summed E-state index contributed by atoms with van der Waals surface area (Å²) in [4.78, 5) is 13.3. The Morgan fingerprint density at radius 2 is 1.73 bits per heavy atom. The van der Waals surface area contributed by atoms with E-state index >= 15 is 0 Å². The van der Waals surface area contributed by atoms with E-state index in [2.05, 4.69) is 28.8 Å². The normalized spacial score (nSPS) is 11.7. The van der Waals surface area contributed by atoms with Crippen molar-refractivity contribution in [1.29, 1.82) is 0 Å². The molecule has 2 heterocycles. The summed E-state index contributed by atoms with van der Waals surface area (Å²) in [6, 6.07) is 6.20. The molecule has 0 unspecified atom stereocenters. The van der Waals surface area contributed by atoms with Crippen LogP contribution in [0.2, 0.25) is 0 Å². The average Bonchev–Trinajstić information content (AvgIpc) is 3.01. The highest BCUT2D eigenvalue weighted by Crippen LogP contribution is 2.23. The fourth-order valence-electron chi connectivity index (χ4n) is 2.34. The molecular formula is C21H26N4O. The zero-order valence-corrected chi connectivity index (χ0v) is 16.1. The number of hydrogen-bond donors (Lipinski definition) is 1. The Morgan fingerprint density at radius 1 is 1.08 bits per heavy atom. The van der Waals surface area contributed by atoms with Crippen LogP contribution in [-0.4, -0.2) is 15.0 Å². The van der Waals surface area contributed by atoms with Crippen LogP contribution in [0.15, 0.2) is 41.0 Å². The van der Waals surface area contributed by atoms with Gasteiger partial charge in [0.1, 0.15) is 12.0 Å². The number of aryl methyl sites for hydroxylation is 2. The van der Waals surface area contributed by atoms with Crippen molar-refractivity contribution in [2.45, 2.75) is 41.0 Å². The van der Waals surface area contributed by atoms with Crippen LogP contribution < -0.4 is 5.73 Å². The van der Waals surface area contributed by atoms with Crippen LogP contribution >= 0.6 is 0 Å². The quantitative estimate of drug-likeness (QED) is 0.644. The van der Waals surface area contributed by atoms with Crippen molar-refractivity contribution in [2.24, 2.45) is 0 Å². The zero-order chi connectivity index (χ0) is 19.1.